The largest absolute Gasteiger partial charge is 0.444 e. The molecule has 3 rings (SSSR count). The third-order valence-electron chi connectivity index (χ3n) is 4.52. The van der Waals surface area contributed by atoms with Crippen molar-refractivity contribution in [2.45, 2.75) is 45.8 Å². The topological polar surface area (TPSA) is 71.7 Å². The Morgan fingerprint density at radius 3 is 2.70 bits per heavy atom. The number of nitrogens with one attached hydrogen (secondary N) is 2. The van der Waals surface area contributed by atoms with Crippen molar-refractivity contribution < 1.29 is 9.15 Å². The van der Waals surface area contributed by atoms with Crippen LogP contribution in [0, 0.1) is 6.92 Å². The van der Waals surface area contributed by atoms with E-state index in [0.717, 1.165) is 49.8 Å². The summed E-state index contributed by atoms with van der Waals surface area (Å²) in [4.78, 5) is 9.15. The standard InChI is InChI=1S/C20H28N4O2.HI/c1-4-21-19(23-14-20(3)10-5-11-26-20)22-12-17-13-25-18(24-17)16-8-6-15(2)7-9-16;/h6-9,13H,4-5,10-12,14H2,1-3H3,(H2,21,22,23);1H. The predicted octanol–water partition coefficient (Wildman–Crippen LogP) is 3.89. The maximum Gasteiger partial charge on any atom is 0.226 e. The first kappa shape index (κ1) is 21.7. The number of benzene rings is 1. The second kappa shape index (κ2) is 10.1. The molecule has 1 fully saturated rings. The smallest absolute Gasteiger partial charge is 0.226 e. The van der Waals surface area contributed by atoms with Gasteiger partial charge in [0.05, 0.1) is 12.1 Å². The molecule has 2 N–H and O–H groups in total. The highest BCUT2D eigenvalue weighted by Crippen LogP contribution is 2.24. The highest BCUT2D eigenvalue weighted by Gasteiger charge is 2.29. The van der Waals surface area contributed by atoms with Crippen LogP contribution in [0.25, 0.3) is 11.5 Å². The number of oxazole rings is 1. The molecule has 7 heteroatoms. The van der Waals surface area contributed by atoms with Crippen LogP contribution < -0.4 is 10.6 Å². The van der Waals surface area contributed by atoms with Crippen LogP contribution in [0.4, 0.5) is 0 Å². The van der Waals surface area contributed by atoms with Crippen LogP contribution in [0.15, 0.2) is 39.9 Å². The van der Waals surface area contributed by atoms with Gasteiger partial charge in [0.15, 0.2) is 5.96 Å². The van der Waals surface area contributed by atoms with E-state index in [1.165, 1.54) is 5.56 Å². The Morgan fingerprint density at radius 2 is 2.04 bits per heavy atom. The average molecular weight is 484 g/mol. The Balaban J connectivity index is 0.00000261. The summed E-state index contributed by atoms with van der Waals surface area (Å²) in [6.45, 7) is 9.10. The summed E-state index contributed by atoms with van der Waals surface area (Å²) in [5.41, 5.74) is 2.89. The van der Waals surface area contributed by atoms with Crippen LogP contribution in [-0.2, 0) is 11.3 Å². The first-order valence-corrected chi connectivity index (χ1v) is 9.25. The molecule has 1 aromatic heterocycles. The number of hydrogen-bond donors (Lipinski definition) is 2. The zero-order valence-corrected chi connectivity index (χ0v) is 18.6. The molecule has 0 spiro atoms. The molecule has 1 unspecified atom stereocenters. The van der Waals surface area contributed by atoms with Crippen LogP contribution in [0.2, 0.25) is 0 Å². The van der Waals surface area contributed by atoms with E-state index in [1.54, 1.807) is 6.26 Å². The van der Waals surface area contributed by atoms with Crippen molar-refractivity contribution in [1.29, 1.82) is 0 Å². The van der Waals surface area contributed by atoms with E-state index in [4.69, 9.17) is 9.15 Å². The maximum atomic E-state index is 5.82. The fourth-order valence-corrected chi connectivity index (χ4v) is 2.96. The fraction of sp³-hybridized carbons (Fsp3) is 0.500. The van der Waals surface area contributed by atoms with Gasteiger partial charge in [0.2, 0.25) is 5.89 Å². The van der Waals surface area contributed by atoms with Gasteiger partial charge in [0.1, 0.15) is 12.0 Å². The second-order valence-electron chi connectivity index (χ2n) is 6.96. The number of nitrogens with zero attached hydrogens (tertiary/aromatic N) is 2. The highest BCUT2D eigenvalue weighted by molar-refractivity contribution is 14.0. The third kappa shape index (κ3) is 6.21. The molecule has 27 heavy (non-hydrogen) atoms. The number of guanidine groups is 1. The van der Waals surface area contributed by atoms with Crippen molar-refractivity contribution in [3.63, 3.8) is 0 Å². The minimum Gasteiger partial charge on any atom is -0.444 e. The van der Waals surface area contributed by atoms with E-state index >= 15 is 0 Å². The lowest BCUT2D eigenvalue weighted by atomic mass is 10.0. The van der Waals surface area contributed by atoms with Crippen molar-refractivity contribution in [3.8, 4) is 11.5 Å². The minimum absolute atomic E-state index is 0. The highest BCUT2D eigenvalue weighted by atomic mass is 127. The average Bonchev–Trinajstić information content (AvgIpc) is 3.28. The Hall–Kier alpha value is -1.61. The summed E-state index contributed by atoms with van der Waals surface area (Å²) in [5.74, 6) is 1.39. The van der Waals surface area contributed by atoms with Gasteiger partial charge in [-0.15, -0.1) is 24.0 Å². The third-order valence-corrected chi connectivity index (χ3v) is 4.52. The van der Waals surface area contributed by atoms with Gasteiger partial charge in [-0.05, 0) is 45.7 Å². The zero-order valence-electron chi connectivity index (χ0n) is 16.2. The van der Waals surface area contributed by atoms with Crippen molar-refractivity contribution in [1.82, 2.24) is 15.6 Å². The summed E-state index contributed by atoms with van der Waals surface area (Å²) in [5, 5.41) is 6.64. The molecule has 1 saturated heterocycles. The first-order valence-electron chi connectivity index (χ1n) is 9.25. The molecule has 1 aromatic carbocycles. The number of aliphatic imine (C=N–C) groups is 1. The van der Waals surface area contributed by atoms with E-state index in [2.05, 4.69) is 53.5 Å². The number of halogens is 1. The quantitative estimate of drug-likeness (QED) is 0.370. The van der Waals surface area contributed by atoms with Crippen LogP contribution in [0.1, 0.15) is 37.9 Å². The summed E-state index contributed by atoms with van der Waals surface area (Å²) < 4.78 is 11.4. The van der Waals surface area contributed by atoms with Crippen LogP contribution in [-0.4, -0.2) is 36.2 Å². The number of aryl methyl sites for hydroxylation is 1. The molecule has 148 valence electrons. The number of rotatable bonds is 6. The maximum absolute atomic E-state index is 5.82. The van der Waals surface area contributed by atoms with E-state index in [9.17, 15) is 0 Å². The molecule has 2 heterocycles. The summed E-state index contributed by atoms with van der Waals surface area (Å²) in [7, 11) is 0. The minimum atomic E-state index is -0.108. The number of aromatic nitrogens is 1. The Kier molecular flexibility index (Phi) is 8.09. The van der Waals surface area contributed by atoms with E-state index in [1.807, 2.05) is 12.1 Å². The number of hydrogen-bond acceptors (Lipinski definition) is 4. The Morgan fingerprint density at radius 1 is 1.26 bits per heavy atom. The zero-order chi connectivity index (χ0) is 18.4. The molecule has 0 bridgehead atoms. The van der Waals surface area contributed by atoms with Crippen molar-refractivity contribution in [2.24, 2.45) is 4.99 Å². The first-order chi connectivity index (χ1) is 12.6. The molecule has 1 aliphatic rings. The van der Waals surface area contributed by atoms with Gasteiger partial charge in [0.25, 0.3) is 0 Å². The molecule has 1 atom stereocenters. The predicted molar refractivity (Wildman–Crippen MR) is 119 cm³/mol. The summed E-state index contributed by atoms with van der Waals surface area (Å²) in [6, 6.07) is 8.14. The van der Waals surface area contributed by atoms with E-state index in [-0.39, 0.29) is 29.6 Å². The van der Waals surface area contributed by atoms with Crippen LogP contribution in [0.5, 0.6) is 0 Å². The van der Waals surface area contributed by atoms with Crippen molar-refractivity contribution >= 4 is 29.9 Å². The normalized spacial score (nSPS) is 19.6. The van der Waals surface area contributed by atoms with Gasteiger partial charge in [-0.2, -0.15) is 0 Å². The molecular formula is C20H29IN4O2. The van der Waals surface area contributed by atoms with Crippen LogP contribution >= 0.6 is 24.0 Å². The lowest BCUT2D eigenvalue weighted by Crippen LogP contribution is -2.45. The van der Waals surface area contributed by atoms with Gasteiger partial charge in [-0.25, -0.2) is 9.98 Å². The van der Waals surface area contributed by atoms with Crippen molar-refractivity contribution in [3.05, 3.63) is 41.8 Å². The van der Waals surface area contributed by atoms with Gasteiger partial charge in [-0.3, -0.25) is 0 Å². The molecular weight excluding hydrogens is 455 g/mol. The lowest BCUT2D eigenvalue weighted by molar-refractivity contribution is 0.0243. The molecule has 2 aromatic rings. The monoisotopic (exact) mass is 484 g/mol. The Labute approximate surface area is 178 Å². The SMILES string of the molecule is CCNC(=NCc1coc(-c2ccc(C)cc2)n1)NCC1(C)CCCO1.I. The molecule has 1 aliphatic heterocycles. The van der Waals surface area contributed by atoms with Gasteiger partial charge in [0, 0.05) is 25.3 Å². The summed E-state index contributed by atoms with van der Waals surface area (Å²) >= 11 is 0. The molecule has 0 amide bonds. The molecule has 0 radical (unpaired) electrons. The van der Waals surface area contributed by atoms with E-state index < -0.39 is 0 Å². The second-order valence-corrected chi connectivity index (χ2v) is 6.96. The van der Waals surface area contributed by atoms with E-state index in [0.29, 0.717) is 12.4 Å². The molecule has 0 saturated carbocycles. The van der Waals surface area contributed by atoms with Crippen LogP contribution in [0.3, 0.4) is 0 Å². The Bertz CT molecular complexity index is 737. The van der Waals surface area contributed by atoms with Crippen molar-refractivity contribution in [2.75, 3.05) is 19.7 Å². The van der Waals surface area contributed by atoms with Gasteiger partial charge in [-0.1, -0.05) is 17.7 Å². The summed E-state index contributed by atoms with van der Waals surface area (Å²) in [6.07, 6.45) is 3.86. The van der Waals surface area contributed by atoms with Gasteiger partial charge >= 0.3 is 0 Å². The molecule has 0 aliphatic carbocycles. The molecule has 6 nitrogen and oxygen atoms in total. The number of ether oxygens (including phenoxy) is 1. The lowest BCUT2D eigenvalue weighted by Gasteiger charge is -2.24. The van der Waals surface area contributed by atoms with Gasteiger partial charge < -0.3 is 19.8 Å². The fourth-order valence-electron chi connectivity index (χ4n) is 2.96.